The van der Waals surface area contributed by atoms with Crippen LogP contribution in [0.2, 0.25) is 0 Å². The van der Waals surface area contributed by atoms with E-state index in [1.807, 2.05) is 19.3 Å². The highest BCUT2D eigenvalue weighted by molar-refractivity contribution is 6.14. The van der Waals surface area contributed by atoms with E-state index in [4.69, 9.17) is 15.7 Å². The van der Waals surface area contributed by atoms with Crippen molar-refractivity contribution >= 4 is 33.4 Å². The minimum absolute atomic E-state index is 0.190. The molecule has 1 aliphatic heterocycles. The van der Waals surface area contributed by atoms with Gasteiger partial charge in [-0.05, 0) is 37.5 Å². The summed E-state index contributed by atoms with van der Waals surface area (Å²) in [5.74, 6) is 1.95. The molecule has 1 unspecified atom stereocenters. The van der Waals surface area contributed by atoms with Crippen molar-refractivity contribution in [2.45, 2.75) is 32.2 Å². The molecule has 1 spiro atoms. The third-order valence-electron chi connectivity index (χ3n) is 6.96. The summed E-state index contributed by atoms with van der Waals surface area (Å²) in [6.07, 6.45) is 6.24. The third-order valence-corrected chi connectivity index (χ3v) is 6.96. The number of rotatable bonds is 4. The second-order valence-corrected chi connectivity index (χ2v) is 9.10. The second kappa shape index (κ2) is 6.83. The van der Waals surface area contributed by atoms with Gasteiger partial charge in [-0.15, -0.1) is 0 Å². The van der Waals surface area contributed by atoms with Crippen molar-refractivity contribution in [3.05, 3.63) is 47.6 Å². The first-order valence-corrected chi connectivity index (χ1v) is 10.9. The number of H-pyrrole nitrogens is 1. The Hall–Kier alpha value is -3.33. The summed E-state index contributed by atoms with van der Waals surface area (Å²) in [4.78, 5) is 24.1. The van der Waals surface area contributed by atoms with Gasteiger partial charge in [0.25, 0.3) is 0 Å². The van der Waals surface area contributed by atoms with Crippen molar-refractivity contribution < 1.29 is 4.39 Å². The van der Waals surface area contributed by atoms with Crippen LogP contribution < -0.4 is 16.0 Å². The molecule has 3 aromatic heterocycles. The molecule has 0 bridgehead atoms. The zero-order valence-electron chi connectivity index (χ0n) is 18.1. The maximum Gasteiger partial charge on any atom is 0.144 e. The molecule has 164 valence electrons. The first-order chi connectivity index (χ1) is 15.5. The van der Waals surface area contributed by atoms with Crippen LogP contribution >= 0.6 is 0 Å². The van der Waals surface area contributed by atoms with Gasteiger partial charge in [0.2, 0.25) is 0 Å². The molecule has 32 heavy (non-hydrogen) atoms. The van der Waals surface area contributed by atoms with E-state index in [9.17, 15) is 4.39 Å². The number of aromatic amines is 1. The molecule has 2 aliphatic rings. The molecule has 2 atom stereocenters. The fraction of sp³-hybridized carbons (Fsp3) is 0.391. The number of hydrogen-bond acceptors (Lipinski definition) is 7. The monoisotopic (exact) mass is 432 g/mol. The molecule has 8 nitrogen and oxygen atoms in total. The van der Waals surface area contributed by atoms with E-state index in [1.54, 1.807) is 13.1 Å². The predicted octanol–water partition coefficient (Wildman–Crippen LogP) is 2.91. The Labute approximate surface area is 184 Å². The molecular formula is C23H25FN8. The number of nitrogens with zero attached hydrogens (tertiary/aromatic N) is 5. The number of benzene rings is 1. The van der Waals surface area contributed by atoms with Gasteiger partial charge in [0.05, 0.1) is 16.6 Å². The van der Waals surface area contributed by atoms with E-state index in [-0.39, 0.29) is 17.3 Å². The van der Waals surface area contributed by atoms with Gasteiger partial charge in [-0.1, -0.05) is 0 Å². The summed E-state index contributed by atoms with van der Waals surface area (Å²) in [5.41, 5.74) is 9.61. The fourth-order valence-corrected chi connectivity index (χ4v) is 5.01. The van der Waals surface area contributed by atoms with Gasteiger partial charge in [-0.25, -0.2) is 24.3 Å². The van der Waals surface area contributed by atoms with E-state index < -0.39 is 0 Å². The lowest BCUT2D eigenvalue weighted by Crippen LogP contribution is -2.24. The second-order valence-electron chi connectivity index (χ2n) is 9.10. The molecule has 0 radical (unpaired) electrons. The zero-order chi connectivity index (χ0) is 22.0. The highest BCUT2D eigenvalue weighted by Crippen LogP contribution is 2.53. The van der Waals surface area contributed by atoms with Crippen molar-refractivity contribution in [1.82, 2.24) is 24.9 Å². The Morgan fingerprint density at radius 1 is 1.28 bits per heavy atom. The maximum absolute atomic E-state index is 14.4. The van der Waals surface area contributed by atoms with Gasteiger partial charge < -0.3 is 20.9 Å². The molecule has 9 heteroatoms. The molecular weight excluding hydrogens is 407 g/mol. The van der Waals surface area contributed by atoms with E-state index in [1.165, 1.54) is 6.07 Å². The number of aryl methyl sites for hydroxylation is 1. The van der Waals surface area contributed by atoms with Gasteiger partial charge in [0.1, 0.15) is 28.9 Å². The first kappa shape index (κ1) is 19.4. The van der Waals surface area contributed by atoms with Gasteiger partial charge in [0, 0.05) is 55.8 Å². The van der Waals surface area contributed by atoms with E-state index >= 15 is 0 Å². The molecule has 1 saturated heterocycles. The van der Waals surface area contributed by atoms with Crippen molar-refractivity contribution in [1.29, 1.82) is 0 Å². The topological polar surface area (TPSA) is 109 Å². The lowest BCUT2D eigenvalue weighted by atomic mass is 10.1. The number of nitrogens with two attached hydrogens (primary N) is 1. The summed E-state index contributed by atoms with van der Waals surface area (Å²) in [7, 11) is 1.79. The average molecular weight is 433 g/mol. The lowest BCUT2D eigenvalue weighted by Gasteiger charge is -2.19. The van der Waals surface area contributed by atoms with E-state index in [2.05, 4.69) is 25.2 Å². The molecule has 4 N–H and O–H groups in total. The van der Waals surface area contributed by atoms with Crippen LogP contribution in [0.4, 0.5) is 15.9 Å². The van der Waals surface area contributed by atoms with Gasteiger partial charge >= 0.3 is 0 Å². The van der Waals surface area contributed by atoms with Crippen LogP contribution in [-0.4, -0.2) is 51.1 Å². The number of hydrogen-bond donors (Lipinski definition) is 3. The highest BCUT2D eigenvalue weighted by atomic mass is 19.1. The molecule has 6 rings (SSSR count). The van der Waals surface area contributed by atoms with Crippen LogP contribution in [0.25, 0.3) is 21.9 Å². The standard InChI is InChI=1S/C23H25FN8/c1-12-27-9-13(10-28-12)5-18-29-21-19(15-6-14(24)7-16(26-2)20(15)31-21)22(30-18)32-4-3-23(11-32)8-17(23)25/h6-7,9-10,17,26H,3-5,8,11,25H2,1-2H3,(H,29,30,31)/t17?,23-/m1/s1. The number of halogens is 1. The highest BCUT2D eigenvalue weighted by Gasteiger charge is 2.55. The Morgan fingerprint density at radius 2 is 2.06 bits per heavy atom. The van der Waals surface area contributed by atoms with Gasteiger partial charge in [0.15, 0.2) is 0 Å². The Kier molecular flexibility index (Phi) is 4.13. The predicted molar refractivity (Wildman–Crippen MR) is 122 cm³/mol. The normalized spacial score (nSPS) is 22.4. The van der Waals surface area contributed by atoms with Gasteiger partial charge in [-0.2, -0.15) is 0 Å². The minimum Gasteiger partial charge on any atom is -0.386 e. The van der Waals surface area contributed by atoms with Crippen LogP contribution in [0, 0.1) is 18.2 Å². The molecule has 1 aliphatic carbocycles. The Bertz CT molecular complexity index is 1350. The van der Waals surface area contributed by atoms with Crippen molar-refractivity contribution in [3.8, 4) is 0 Å². The summed E-state index contributed by atoms with van der Waals surface area (Å²) in [6, 6.07) is 3.30. The lowest BCUT2D eigenvalue weighted by molar-refractivity contribution is 0.553. The number of anilines is 2. The Morgan fingerprint density at radius 3 is 2.75 bits per heavy atom. The van der Waals surface area contributed by atoms with Crippen LogP contribution in [0.15, 0.2) is 24.5 Å². The van der Waals surface area contributed by atoms with Crippen molar-refractivity contribution in [2.75, 3.05) is 30.4 Å². The summed E-state index contributed by atoms with van der Waals surface area (Å²) in [5, 5.41) is 4.72. The van der Waals surface area contributed by atoms with E-state index in [0.717, 1.165) is 59.4 Å². The fourth-order valence-electron chi connectivity index (χ4n) is 5.01. The first-order valence-electron chi connectivity index (χ1n) is 10.9. The molecule has 4 heterocycles. The molecule has 4 aromatic rings. The largest absolute Gasteiger partial charge is 0.386 e. The SMILES string of the molecule is CNc1cc(F)cc2c1[nH]c1nc(Cc3cnc(C)nc3)nc(N3CC[C@@]4(CC4N)C3)c12. The van der Waals surface area contributed by atoms with Crippen LogP contribution in [0.3, 0.4) is 0 Å². The smallest absolute Gasteiger partial charge is 0.144 e. The molecule has 2 fully saturated rings. The summed E-state index contributed by atoms with van der Waals surface area (Å²) >= 11 is 0. The van der Waals surface area contributed by atoms with Crippen molar-refractivity contribution in [3.63, 3.8) is 0 Å². The van der Waals surface area contributed by atoms with Crippen molar-refractivity contribution in [2.24, 2.45) is 11.1 Å². The summed E-state index contributed by atoms with van der Waals surface area (Å²) < 4.78 is 14.4. The number of nitrogens with one attached hydrogen (secondary N) is 2. The van der Waals surface area contributed by atoms with Gasteiger partial charge in [-0.3, -0.25) is 0 Å². The number of aromatic nitrogens is 5. The molecule has 1 aromatic carbocycles. The zero-order valence-corrected chi connectivity index (χ0v) is 18.1. The molecule has 0 amide bonds. The average Bonchev–Trinajstić information content (AvgIpc) is 3.10. The third kappa shape index (κ3) is 2.99. The maximum atomic E-state index is 14.4. The van der Waals surface area contributed by atoms with Crippen LogP contribution in [-0.2, 0) is 6.42 Å². The van der Waals surface area contributed by atoms with Crippen LogP contribution in [0.5, 0.6) is 0 Å². The van der Waals surface area contributed by atoms with Crippen LogP contribution in [0.1, 0.15) is 30.1 Å². The Balaban J connectivity index is 1.53. The molecule has 1 saturated carbocycles. The summed E-state index contributed by atoms with van der Waals surface area (Å²) in [6.45, 7) is 3.61. The van der Waals surface area contributed by atoms with E-state index in [0.29, 0.717) is 23.6 Å². The quantitative estimate of drug-likeness (QED) is 0.455. The number of fused-ring (bicyclic) bond motifs is 3. The minimum atomic E-state index is -0.295.